The van der Waals surface area contributed by atoms with E-state index >= 15 is 4.39 Å². The topological polar surface area (TPSA) is 116 Å². The third-order valence-corrected chi connectivity index (χ3v) is 8.36. The third kappa shape index (κ3) is 5.52. The molecule has 14 heteroatoms. The summed E-state index contributed by atoms with van der Waals surface area (Å²) < 4.78 is 51.3. The molecule has 0 spiro atoms. The molecule has 1 aromatic carbocycles. The number of methoxy groups -OCH3 is 1. The van der Waals surface area contributed by atoms with Crippen molar-refractivity contribution >= 4 is 34.1 Å². The lowest BCUT2D eigenvalue weighted by Gasteiger charge is -2.32. The first-order chi connectivity index (χ1) is 20.6. The van der Waals surface area contributed by atoms with Crippen LogP contribution in [0.5, 0.6) is 5.88 Å². The van der Waals surface area contributed by atoms with Crippen LogP contribution < -0.4 is 15.4 Å². The number of aromatic nitrogens is 5. The number of carbonyl (C=O) groups is 1. The molecular weight excluding hydrogens is 563 g/mol. The summed E-state index contributed by atoms with van der Waals surface area (Å²) in [5.41, 5.74) is 1.92. The second-order valence-electron chi connectivity index (χ2n) is 11.4. The van der Waals surface area contributed by atoms with E-state index in [0.717, 1.165) is 19.2 Å². The predicted octanol–water partition coefficient (Wildman–Crippen LogP) is 4.24. The monoisotopic (exact) mass is 597 g/mol. The third-order valence-electron chi connectivity index (χ3n) is 8.36. The zero-order valence-electron chi connectivity index (χ0n) is 24.4. The van der Waals surface area contributed by atoms with Crippen LogP contribution in [0.15, 0.2) is 36.8 Å². The van der Waals surface area contributed by atoms with E-state index in [0.29, 0.717) is 40.3 Å². The standard InChI is InChI=1S/C29H34F3N9O2/c1-5-16-12-39(2)14-23(16)41-15-29(31,32)9-22(41)26(42)35-20-8-6-7-17-18(10-33-25(17)20)24-19(30)11-34-28(37-24)36-21-13-40(3)38-27(21)43-4/h6-8,10-11,13,16,22-23,33H,5,9,12,14-15H2,1-4H3,(H,35,42)(H,34,36,37)/t16?,22?,23-/m0/s1. The van der Waals surface area contributed by atoms with Crippen molar-refractivity contribution in [2.75, 3.05) is 44.4 Å². The summed E-state index contributed by atoms with van der Waals surface area (Å²) in [6, 6.07) is 4.08. The Bertz CT molecular complexity index is 1660. The van der Waals surface area contributed by atoms with Crippen molar-refractivity contribution in [3.05, 3.63) is 42.6 Å². The number of hydrogen-bond acceptors (Lipinski definition) is 8. The molecule has 3 N–H and O–H groups in total. The lowest BCUT2D eigenvalue weighted by Crippen LogP contribution is -2.48. The summed E-state index contributed by atoms with van der Waals surface area (Å²) in [6.07, 6.45) is 4.65. The van der Waals surface area contributed by atoms with Crippen LogP contribution in [-0.4, -0.2) is 92.2 Å². The number of amides is 1. The van der Waals surface area contributed by atoms with Crippen molar-refractivity contribution < 1.29 is 22.7 Å². The number of carbonyl (C=O) groups excluding carboxylic acids is 1. The number of likely N-dealkylation sites (N-methyl/N-ethyl adjacent to an activating group) is 1. The van der Waals surface area contributed by atoms with Crippen molar-refractivity contribution in [3.8, 4) is 17.1 Å². The highest BCUT2D eigenvalue weighted by atomic mass is 19.3. The number of aryl methyl sites for hydroxylation is 1. The number of nitrogens with one attached hydrogen (secondary N) is 3. The van der Waals surface area contributed by atoms with Gasteiger partial charge in [0.05, 0.1) is 43.3 Å². The minimum absolute atomic E-state index is 0.0349. The zero-order chi connectivity index (χ0) is 30.5. The summed E-state index contributed by atoms with van der Waals surface area (Å²) in [6.45, 7) is 3.07. The minimum Gasteiger partial charge on any atom is -0.478 e. The van der Waals surface area contributed by atoms with Gasteiger partial charge in [0, 0.05) is 49.7 Å². The zero-order valence-corrected chi connectivity index (χ0v) is 24.4. The number of halogens is 3. The number of fused-ring (bicyclic) bond motifs is 1. The first-order valence-corrected chi connectivity index (χ1v) is 14.2. The van der Waals surface area contributed by atoms with E-state index in [1.807, 2.05) is 7.05 Å². The Morgan fingerprint density at radius 1 is 1.23 bits per heavy atom. The molecule has 2 aliphatic rings. The van der Waals surface area contributed by atoms with Gasteiger partial charge in [0.25, 0.3) is 11.8 Å². The molecule has 0 saturated carbocycles. The highest BCUT2D eigenvalue weighted by Crippen LogP contribution is 2.39. The fraction of sp³-hybridized carbons (Fsp3) is 0.448. The Labute approximate surface area is 246 Å². The van der Waals surface area contributed by atoms with E-state index in [1.165, 1.54) is 7.11 Å². The van der Waals surface area contributed by atoms with Crippen LogP contribution in [0, 0.1) is 11.7 Å². The highest BCUT2D eigenvalue weighted by Gasteiger charge is 2.52. The van der Waals surface area contributed by atoms with E-state index in [2.05, 4.69) is 42.5 Å². The Hall–Kier alpha value is -4.17. The number of nitrogens with zero attached hydrogens (tertiary/aromatic N) is 6. The molecule has 1 amide bonds. The number of benzene rings is 1. The summed E-state index contributed by atoms with van der Waals surface area (Å²) in [5, 5.41) is 10.7. The average Bonchev–Trinajstić information content (AvgIpc) is 3.73. The lowest BCUT2D eigenvalue weighted by molar-refractivity contribution is -0.121. The molecule has 5 heterocycles. The second-order valence-corrected chi connectivity index (χ2v) is 11.4. The van der Waals surface area contributed by atoms with E-state index in [-0.39, 0.29) is 23.6 Å². The van der Waals surface area contributed by atoms with Crippen molar-refractivity contribution in [2.24, 2.45) is 13.0 Å². The van der Waals surface area contributed by atoms with Crippen LogP contribution in [0.2, 0.25) is 0 Å². The molecule has 2 fully saturated rings. The van der Waals surface area contributed by atoms with E-state index in [4.69, 9.17) is 4.74 Å². The SMILES string of the molecule is CCC1CN(C)C[C@@H]1N1CC(F)(F)CC1C(=O)Nc1cccc2c(-c3nc(Nc4cn(C)nc4OC)ncc3F)c[nH]c12. The van der Waals surface area contributed by atoms with Crippen molar-refractivity contribution in [1.29, 1.82) is 0 Å². The van der Waals surface area contributed by atoms with Gasteiger partial charge in [-0.1, -0.05) is 25.5 Å². The quantitative estimate of drug-likeness (QED) is 0.276. The first kappa shape index (κ1) is 28.9. The molecule has 2 saturated heterocycles. The summed E-state index contributed by atoms with van der Waals surface area (Å²) in [4.78, 5) is 29.0. The van der Waals surface area contributed by atoms with Gasteiger partial charge in [0.2, 0.25) is 11.9 Å². The van der Waals surface area contributed by atoms with Crippen LogP contribution in [0.4, 0.5) is 30.5 Å². The van der Waals surface area contributed by atoms with Gasteiger partial charge in [0.15, 0.2) is 5.82 Å². The fourth-order valence-corrected chi connectivity index (χ4v) is 6.39. The Morgan fingerprint density at radius 2 is 2.05 bits per heavy atom. The van der Waals surface area contributed by atoms with Gasteiger partial charge in [0.1, 0.15) is 11.4 Å². The molecule has 3 atom stereocenters. The number of H-pyrrole nitrogens is 1. The van der Waals surface area contributed by atoms with Gasteiger partial charge in [-0.3, -0.25) is 14.4 Å². The van der Waals surface area contributed by atoms with E-state index in [1.54, 1.807) is 47.2 Å². The summed E-state index contributed by atoms with van der Waals surface area (Å²) >= 11 is 0. The minimum atomic E-state index is -2.96. The molecule has 0 aliphatic carbocycles. The molecule has 2 unspecified atom stereocenters. The van der Waals surface area contributed by atoms with Gasteiger partial charge in [-0.2, -0.15) is 0 Å². The number of alkyl halides is 2. The van der Waals surface area contributed by atoms with Crippen LogP contribution in [0.1, 0.15) is 19.8 Å². The molecule has 4 aromatic rings. The Balaban J connectivity index is 1.27. The van der Waals surface area contributed by atoms with Crippen LogP contribution in [-0.2, 0) is 11.8 Å². The maximum atomic E-state index is 15.1. The number of anilines is 3. The molecule has 3 aromatic heterocycles. The number of hydrogen-bond donors (Lipinski definition) is 3. The Morgan fingerprint density at radius 3 is 2.81 bits per heavy atom. The number of para-hydroxylation sites is 1. The Kier molecular flexibility index (Phi) is 7.50. The predicted molar refractivity (Wildman–Crippen MR) is 156 cm³/mol. The average molecular weight is 598 g/mol. The van der Waals surface area contributed by atoms with Gasteiger partial charge >= 0.3 is 0 Å². The summed E-state index contributed by atoms with van der Waals surface area (Å²) in [7, 11) is 5.19. The van der Waals surface area contributed by atoms with Crippen LogP contribution in [0.25, 0.3) is 22.2 Å². The fourth-order valence-electron chi connectivity index (χ4n) is 6.39. The maximum Gasteiger partial charge on any atom is 0.262 e. The normalized spacial score (nSPS) is 22.3. The first-order valence-electron chi connectivity index (χ1n) is 14.2. The van der Waals surface area contributed by atoms with Gasteiger partial charge in [-0.05, 0) is 19.0 Å². The number of ether oxygens (including phenoxy) is 1. The molecular formula is C29H34F3N9O2. The largest absolute Gasteiger partial charge is 0.478 e. The van der Waals surface area contributed by atoms with Crippen molar-refractivity contribution in [3.63, 3.8) is 0 Å². The molecule has 6 rings (SSSR count). The van der Waals surface area contributed by atoms with E-state index in [9.17, 15) is 13.6 Å². The van der Waals surface area contributed by atoms with Gasteiger partial charge < -0.3 is 25.3 Å². The lowest BCUT2D eigenvalue weighted by atomic mass is 9.98. The van der Waals surface area contributed by atoms with Crippen molar-refractivity contribution in [2.45, 2.75) is 37.8 Å². The second kappa shape index (κ2) is 11.2. The van der Waals surface area contributed by atoms with Gasteiger partial charge in [-0.15, -0.1) is 5.10 Å². The molecule has 43 heavy (non-hydrogen) atoms. The molecule has 0 radical (unpaired) electrons. The van der Waals surface area contributed by atoms with Crippen LogP contribution in [0.3, 0.4) is 0 Å². The number of likely N-dealkylation sites (tertiary alicyclic amines) is 2. The van der Waals surface area contributed by atoms with Crippen LogP contribution >= 0.6 is 0 Å². The maximum absolute atomic E-state index is 15.1. The molecule has 0 bridgehead atoms. The highest BCUT2D eigenvalue weighted by molar-refractivity contribution is 6.06. The number of rotatable bonds is 8. The smallest absolute Gasteiger partial charge is 0.262 e. The van der Waals surface area contributed by atoms with E-state index < -0.39 is 36.7 Å². The number of aromatic amines is 1. The molecule has 228 valence electrons. The molecule has 11 nitrogen and oxygen atoms in total. The van der Waals surface area contributed by atoms with Gasteiger partial charge in [-0.25, -0.2) is 23.1 Å². The summed E-state index contributed by atoms with van der Waals surface area (Å²) in [5.74, 6) is -3.42. The molecule has 2 aliphatic heterocycles. The van der Waals surface area contributed by atoms with Crippen molar-refractivity contribution in [1.82, 2.24) is 34.5 Å².